The van der Waals surface area contributed by atoms with Gasteiger partial charge in [0.05, 0.1) is 30.2 Å². The van der Waals surface area contributed by atoms with Gasteiger partial charge < -0.3 is 24.8 Å². The van der Waals surface area contributed by atoms with E-state index in [-0.39, 0.29) is 25.5 Å². The largest absolute Gasteiger partial charge is 0.488 e. The minimum Gasteiger partial charge on any atom is -0.488 e. The Hall–Kier alpha value is -2.71. The molecule has 8 heteroatoms. The predicted molar refractivity (Wildman–Crippen MR) is 115 cm³/mol. The van der Waals surface area contributed by atoms with Gasteiger partial charge in [-0.05, 0) is 39.0 Å². The summed E-state index contributed by atoms with van der Waals surface area (Å²) in [7, 11) is 1.63. The second-order valence-corrected chi connectivity index (χ2v) is 7.43. The van der Waals surface area contributed by atoms with Crippen molar-refractivity contribution >= 4 is 17.2 Å². The Morgan fingerprint density at radius 3 is 2.72 bits per heavy atom. The average molecular weight is 402 g/mol. The third-order valence-electron chi connectivity index (χ3n) is 4.69. The Labute approximate surface area is 173 Å². The standard InChI is InChI=1S/C21H29N5O3.H2/c1-13-9-26(10-14(2)28-13)20-8-19(24-12-25-20)21(23)17-7-16(5-6-18(17)22)29-15(3)11-27-4;/h5-8,12-15,23H,9-11,22H2,1-4H3;1H/t13-,14+,15-;/m0./s1. The van der Waals surface area contributed by atoms with Gasteiger partial charge in [-0.2, -0.15) is 0 Å². The number of methoxy groups -OCH3 is 1. The number of anilines is 2. The van der Waals surface area contributed by atoms with Crippen LogP contribution in [0.5, 0.6) is 5.75 Å². The summed E-state index contributed by atoms with van der Waals surface area (Å²) in [5.41, 5.74) is 7.95. The van der Waals surface area contributed by atoms with Gasteiger partial charge in [0.2, 0.25) is 0 Å². The summed E-state index contributed by atoms with van der Waals surface area (Å²) >= 11 is 0. The lowest BCUT2D eigenvalue weighted by atomic mass is 10.0. The summed E-state index contributed by atoms with van der Waals surface area (Å²) in [6.07, 6.45) is 1.62. The molecule has 2 heterocycles. The lowest BCUT2D eigenvalue weighted by Gasteiger charge is -2.36. The van der Waals surface area contributed by atoms with Gasteiger partial charge in [-0.3, -0.25) is 5.41 Å². The first-order valence-corrected chi connectivity index (χ1v) is 9.74. The minimum absolute atomic E-state index is 0. The molecule has 158 valence electrons. The van der Waals surface area contributed by atoms with E-state index in [9.17, 15) is 0 Å². The fourth-order valence-corrected chi connectivity index (χ4v) is 3.49. The number of nitrogen functional groups attached to an aromatic ring is 1. The first-order valence-electron chi connectivity index (χ1n) is 9.74. The van der Waals surface area contributed by atoms with Gasteiger partial charge >= 0.3 is 0 Å². The second kappa shape index (κ2) is 9.19. The molecule has 1 saturated heterocycles. The van der Waals surface area contributed by atoms with Gasteiger partial charge in [0.1, 0.15) is 24.0 Å². The summed E-state index contributed by atoms with van der Waals surface area (Å²) in [5, 5.41) is 8.67. The predicted octanol–water partition coefficient (Wildman–Crippen LogP) is 2.75. The SMILES string of the molecule is COC[C@H](C)Oc1ccc(N)c(C(=N)c2cc(N3C[C@@H](C)O[C@@H](C)C3)ncn2)c1.[HH]. The van der Waals surface area contributed by atoms with Crippen molar-refractivity contribution < 1.29 is 15.6 Å². The highest BCUT2D eigenvalue weighted by molar-refractivity contribution is 6.13. The second-order valence-electron chi connectivity index (χ2n) is 7.43. The zero-order chi connectivity index (χ0) is 21.0. The van der Waals surface area contributed by atoms with E-state index in [1.54, 1.807) is 25.3 Å². The molecule has 0 saturated carbocycles. The number of hydrogen-bond donors (Lipinski definition) is 2. The van der Waals surface area contributed by atoms with Gasteiger partial charge in [0.25, 0.3) is 0 Å². The fourth-order valence-electron chi connectivity index (χ4n) is 3.49. The first kappa shape index (κ1) is 21.0. The third kappa shape index (κ3) is 5.21. The van der Waals surface area contributed by atoms with E-state index >= 15 is 0 Å². The van der Waals surface area contributed by atoms with Crippen molar-refractivity contribution in [1.29, 1.82) is 5.41 Å². The number of nitrogens with zero attached hydrogens (tertiary/aromatic N) is 3. The molecular formula is C21H31N5O3. The third-order valence-corrected chi connectivity index (χ3v) is 4.69. The smallest absolute Gasteiger partial charge is 0.132 e. The maximum atomic E-state index is 8.67. The molecule has 1 fully saturated rings. The van der Waals surface area contributed by atoms with Crippen molar-refractivity contribution in [3.63, 3.8) is 0 Å². The summed E-state index contributed by atoms with van der Waals surface area (Å²) in [6, 6.07) is 7.13. The van der Waals surface area contributed by atoms with Gasteiger partial charge in [0.15, 0.2) is 0 Å². The van der Waals surface area contributed by atoms with Gasteiger partial charge in [-0.15, -0.1) is 0 Å². The van der Waals surface area contributed by atoms with E-state index < -0.39 is 0 Å². The first-order chi connectivity index (χ1) is 13.9. The molecule has 0 aliphatic carbocycles. The number of rotatable bonds is 7. The summed E-state index contributed by atoms with van der Waals surface area (Å²) in [6.45, 7) is 7.98. The van der Waals surface area contributed by atoms with Crippen LogP contribution in [0.1, 0.15) is 33.5 Å². The van der Waals surface area contributed by atoms with Crippen LogP contribution in [0, 0.1) is 5.41 Å². The minimum atomic E-state index is -0.110. The zero-order valence-electron chi connectivity index (χ0n) is 17.4. The number of aromatic nitrogens is 2. The lowest BCUT2D eigenvalue weighted by Crippen LogP contribution is -2.45. The zero-order valence-corrected chi connectivity index (χ0v) is 17.4. The highest BCUT2D eigenvalue weighted by atomic mass is 16.5. The van der Waals surface area contributed by atoms with Crippen molar-refractivity contribution in [3.8, 4) is 5.75 Å². The molecule has 0 amide bonds. The molecule has 1 aromatic heterocycles. The fraction of sp³-hybridized carbons (Fsp3) is 0.476. The molecule has 3 atom stereocenters. The maximum absolute atomic E-state index is 8.67. The molecule has 3 N–H and O–H groups in total. The molecule has 8 nitrogen and oxygen atoms in total. The summed E-state index contributed by atoms with van der Waals surface area (Å²) in [4.78, 5) is 10.9. The van der Waals surface area contributed by atoms with Crippen LogP contribution >= 0.6 is 0 Å². The summed E-state index contributed by atoms with van der Waals surface area (Å²) in [5.74, 6) is 1.41. The van der Waals surface area contributed by atoms with Crippen LogP contribution in [0.25, 0.3) is 0 Å². The van der Waals surface area contributed by atoms with Gasteiger partial charge in [-0.1, -0.05) is 0 Å². The highest BCUT2D eigenvalue weighted by Crippen LogP contribution is 2.25. The molecule has 0 spiro atoms. The molecule has 0 bridgehead atoms. The highest BCUT2D eigenvalue weighted by Gasteiger charge is 2.24. The van der Waals surface area contributed by atoms with Crippen molar-refractivity contribution in [3.05, 3.63) is 41.9 Å². The van der Waals surface area contributed by atoms with Crippen LogP contribution in [-0.4, -0.2) is 60.8 Å². The molecule has 29 heavy (non-hydrogen) atoms. The van der Waals surface area contributed by atoms with Crippen molar-refractivity contribution in [2.75, 3.05) is 37.4 Å². The van der Waals surface area contributed by atoms with E-state index in [0.717, 1.165) is 18.9 Å². The molecule has 0 unspecified atom stereocenters. The van der Waals surface area contributed by atoms with E-state index in [1.165, 1.54) is 6.33 Å². The Kier molecular flexibility index (Phi) is 6.66. The van der Waals surface area contributed by atoms with Crippen molar-refractivity contribution in [2.24, 2.45) is 0 Å². The number of ether oxygens (including phenoxy) is 3. The molecule has 0 radical (unpaired) electrons. The van der Waals surface area contributed by atoms with Crippen molar-refractivity contribution in [2.45, 2.75) is 39.1 Å². The van der Waals surface area contributed by atoms with Crippen LogP contribution < -0.4 is 15.4 Å². The Bertz CT molecular complexity index is 856. The monoisotopic (exact) mass is 401 g/mol. The Balaban J connectivity index is 0.00000320. The molecule has 1 aliphatic heterocycles. The van der Waals surface area contributed by atoms with Crippen molar-refractivity contribution in [1.82, 2.24) is 9.97 Å². The van der Waals surface area contributed by atoms with E-state index in [1.807, 2.05) is 26.8 Å². The molecular weight excluding hydrogens is 370 g/mol. The van der Waals surface area contributed by atoms with Crippen LogP contribution in [0.2, 0.25) is 0 Å². The maximum Gasteiger partial charge on any atom is 0.132 e. The molecule has 1 aromatic carbocycles. The van der Waals surface area contributed by atoms with Crippen LogP contribution in [0.4, 0.5) is 11.5 Å². The number of nitrogens with two attached hydrogens (primary N) is 1. The molecule has 2 aromatic rings. The van der Waals surface area contributed by atoms with E-state index in [0.29, 0.717) is 29.3 Å². The van der Waals surface area contributed by atoms with Gasteiger partial charge in [0, 0.05) is 38.9 Å². The van der Waals surface area contributed by atoms with E-state index in [2.05, 4.69) is 14.9 Å². The molecule has 3 rings (SSSR count). The van der Waals surface area contributed by atoms with E-state index in [4.69, 9.17) is 25.4 Å². The quantitative estimate of drug-likeness (QED) is 0.543. The number of hydrogen-bond acceptors (Lipinski definition) is 8. The van der Waals surface area contributed by atoms with Crippen LogP contribution in [-0.2, 0) is 9.47 Å². The lowest BCUT2D eigenvalue weighted by molar-refractivity contribution is -0.00546. The van der Waals surface area contributed by atoms with Crippen LogP contribution in [0.3, 0.4) is 0 Å². The number of benzene rings is 1. The average Bonchev–Trinajstić information content (AvgIpc) is 2.68. The van der Waals surface area contributed by atoms with Gasteiger partial charge in [-0.25, -0.2) is 9.97 Å². The number of morpholine rings is 1. The Morgan fingerprint density at radius 1 is 1.31 bits per heavy atom. The normalized spacial score (nSPS) is 20.3. The number of nitrogens with one attached hydrogen (secondary N) is 1. The Morgan fingerprint density at radius 2 is 2.03 bits per heavy atom. The summed E-state index contributed by atoms with van der Waals surface area (Å²) < 4.78 is 16.8. The topological polar surface area (TPSA) is 107 Å². The molecule has 1 aliphatic rings. The van der Waals surface area contributed by atoms with Crippen LogP contribution in [0.15, 0.2) is 30.6 Å².